The van der Waals surface area contributed by atoms with Crippen LogP contribution in [0.3, 0.4) is 0 Å². The Balaban J connectivity index is 1.35. The molecule has 0 spiro atoms. The molecule has 0 unspecified atom stereocenters. The molecule has 0 aromatic heterocycles. The molecule has 0 radical (unpaired) electrons. The van der Waals surface area contributed by atoms with Gasteiger partial charge in [0.15, 0.2) is 0 Å². The van der Waals surface area contributed by atoms with E-state index >= 15 is 0 Å². The van der Waals surface area contributed by atoms with E-state index < -0.39 is 8.80 Å². The van der Waals surface area contributed by atoms with Gasteiger partial charge in [-0.25, -0.2) is 4.39 Å². The van der Waals surface area contributed by atoms with E-state index in [1.54, 1.807) is 18.2 Å². The maximum atomic E-state index is 13.1. The molecule has 1 aromatic carbocycles. The summed E-state index contributed by atoms with van der Waals surface area (Å²) in [6, 6.07) is 11.9. The first kappa shape index (κ1) is 18.2. The predicted molar refractivity (Wildman–Crippen MR) is 105 cm³/mol. The standard InChI is InChI=1S/C22H35FSi/c1-2-3-18-4-6-19(7-5-18)12-15-24-16-13-21(14-17-24)20-8-10-22(23)11-9-20/h8-11,18-19,21,24H,2-7,12-17H2,1H3/t18-,19-,21?,24?. The Labute approximate surface area is 149 Å². The van der Waals surface area contributed by atoms with E-state index in [1.807, 2.05) is 12.1 Å². The van der Waals surface area contributed by atoms with Crippen molar-refractivity contribution in [1.29, 1.82) is 0 Å². The van der Waals surface area contributed by atoms with E-state index in [4.69, 9.17) is 0 Å². The fraction of sp³-hybridized carbons (Fsp3) is 0.727. The molecule has 0 atom stereocenters. The van der Waals surface area contributed by atoms with E-state index in [1.165, 1.54) is 75.4 Å². The summed E-state index contributed by atoms with van der Waals surface area (Å²) in [5.74, 6) is 2.71. The van der Waals surface area contributed by atoms with Crippen LogP contribution in [0.1, 0.15) is 76.2 Å². The largest absolute Gasteiger partial charge is 0.207 e. The first-order valence-electron chi connectivity index (χ1n) is 10.5. The highest BCUT2D eigenvalue weighted by atomic mass is 28.3. The highest BCUT2D eigenvalue weighted by Crippen LogP contribution is 2.38. The zero-order valence-corrected chi connectivity index (χ0v) is 16.6. The number of benzene rings is 1. The summed E-state index contributed by atoms with van der Waals surface area (Å²) < 4.78 is 13.1. The zero-order chi connectivity index (χ0) is 16.8. The minimum absolute atomic E-state index is 0.101. The highest BCUT2D eigenvalue weighted by Gasteiger charge is 2.25. The topological polar surface area (TPSA) is 0 Å². The summed E-state index contributed by atoms with van der Waals surface area (Å²) in [7, 11) is -0.472. The van der Waals surface area contributed by atoms with Crippen molar-refractivity contribution in [3.05, 3.63) is 35.6 Å². The molecule has 3 rings (SSSR count). The number of rotatable bonds is 6. The van der Waals surface area contributed by atoms with Crippen molar-refractivity contribution in [2.24, 2.45) is 11.8 Å². The second-order valence-corrected chi connectivity index (χ2v) is 12.0. The van der Waals surface area contributed by atoms with Gasteiger partial charge < -0.3 is 0 Å². The average Bonchev–Trinajstić information content (AvgIpc) is 2.63. The Bertz CT molecular complexity index is 467. The molecule has 0 nitrogen and oxygen atoms in total. The van der Waals surface area contributed by atoms with E-state index in [9.17, 15) is 4.39 Å². The first-order valence-corrected chi connectivity index (χ1v) is 12.9. The van der Waals surface area contributed by atoms with Crippen molar-refractivity contribution in [2.75, 3.05) is 0 Å². The van der Waals surface area contributed by atoms with Gasteiger partial charge in [-0.2, -0.15) is 0 Å². The Morgan fingerprint density at radius 3 is 2.04 bits per heavy atom. The molecule has 2 aliphatic rings. The van der Waals surface area contributed by atoms with Gasteiger partial charge in [0, 0.05) is 8.80 Å². The summed E-state index contributed by atoms with van der Waals surface area (Å²) in [5, 5.41) is 0. The molecule has 1 aromatic rings. The van der Waals surface area contributed by atoms with Crippen molar-refractivity contribution in [1.82, 2.24) is 0 Å². The summed E-state index contributed by atoms with van der Waals surface area (Å²) in [6.07, 6.45) is 13.2. The Kier molecular flexibility index (Phi) is 6.94. The van der Waals surface area contributed by atoms with Gasteiger partial charge in [-0.05, 0) is 48.3 Å². The number of hydrogen-bond donors (Lipinski definition) is 0. The van der Waals surface area contributed by atoms with Gasteiger partial charge in [0.1, 0.15) is 5.82 Å². The van der Waals surface area contributed by atoms with E-state index in [0.717, 1.165) is 11.8 Å². The lowest BCUT2D eigenvalue weighted by atomic mass is 9.79. The van der Waals surface area contributed by atoms with Crippen LogP contribution in [0.25, 0.3) is 0 Å². The van der Waals surface area contributed by atoms with Crippen LogP contribution in [0, 0.1) is 17.7 Å². The third kappa shape index (κ3) is 5.18. The monoisotopic (exact) mass is 346 g/mol. The average molecular weight is 347 g/mol. The predicted octanol–water partition coefficient (Wildman–Crippen LogP) is 6.93. The fourth-order valence-corrected chi connectivity index (χ4v) is 8.76. The third-order valence-corrected chi connectivity index (χ3v) is 10.3. The lowest BCUT2D eigenvalue weighted by Gasteiger charge is -2.31. The molecule has 24 heavy (non-hydrogen) atoms. The summed E-state index contributed by atoms with van der Waals surface area (Å²) in [4.78, 5) is 0. The zero-order valence-electron chi connectivity index (χ0n) is 15.5. The van der Waals surface area contributed by atoms with Crippen molar-refractivity contribution in [2.45, 2.75) is 88.8 Å². The van der Waals surface area contributed by atoms with Gasteiger partial charge in [0.2, 0.25) is 0 Å². The lowest BCUT2D eigenvalue weighted by Crippen LogP contribution is -2.22. The molecule has 0 bridgehead atoms. The van der Waals surface area contributed by atoms with Gasteiger partial charge in [-0.3, -0.25) is 0 Å². The number of hydrogen-bond acceptors (Lipinski definition) is 0. The molecule has 2 heteroatoms. The number of halogens is 1. The lowest BCUT2D eigenvalue weighted by molar-refractivity contribution is 0.257. The Hall–Kier alpha value is -0.633. The van der Waals surface area contributed by atoms with Crippen molar-refractivity contribution in [3.63, 3.8) is 0 Å². The molecule has 2 fully saturated rings. The highest BCUT2D eigenvalue weighted by molar-refractivity contribution is 6.59. The van der Waals surface area contributed by atoms with Gasteiger partial charge >= 0.3 is 0 Å². The van der Waals surface area contributed by atoms with Crippen molar-refractivity contribution < 1.29 is 4.39 Å². The van der Waals surface area contributed by atoms with E-state index in [0.29, 0.717) is 5.92 Å². The van der Waals surface area contributed by atoms with Crippen LogP contribution in [0.15, 0.2) is 24.3 Å². The molecular weight excluding hydrogens is 311 g/mol. The minimum Gasteiger partial charge on any atom is -0.207 e. The normalized spacial score (nSPS) is 31.1. The molecule has 0 N–H and O–H groups in total. The van der Waals surface area contributed by atoms with Crippen LogP contribution < -0.4 is 0 Å². The fourth-order valence-electron chi connectivity index (χ4n) is 5.21. The van der Waals surface area contributed by atoms with Gasteiger partial charge in [0.25, 0.3) is 0 Å². The molecule has 1 aliphatic carbocycles. The molecular formula is C22H35FSi. The third-order valence-electron chi connectivity index (χ3n) is 6.83. The summed E-state index contributed by atoms with van der Waals surface area (Å²) in [6.45, 7) is 2.33. The van der Waals surface area contributed by atoms with Crippen LogP contribution in [0.4, 0.5) is 4.39 Å². The minimum atomic E-state index is -0.472. The Morgan fingerprint density at radius 2 is 1.46 bits per heavy atom. The molecule has 1 heterocycles. The first-order chi connectivity index (χ1) is 11.7. The van der Waals surface area contributed by atoms with E-state index in [2.05, 4.69) is 6.92 Å². The van der Waals surface area contributed by atoms with Crippen LogP contribution in [-0.2, 0) is 0 Å². The van der Waals surface area contributed by atoms with Crippen molar-refractivity contribution in [3.8, 4) is 0 Å². The smallest absolute Gasteiger partial charge is 0.123 e. The molecule has 0 amide bonds. The van der Waals surface area contributed by atoms with Crippen LogP contribution in [0.2, 0.25) is 18.1 Å². The van der Waals surface area contributed by atoms with E-state index in [-0.39, 0.29) is 5.82 Å². The van der Waals surface area contributed by atoms with Gasteiger partial charge in [-0.1, -0.05) is 82.1 Å². The maximum absolute atomic E-state index is 13.1. The van der Waals surface area contributed by atoms with Crippen LogP contribution >= 0.6 is 0 Å². The maximum Gasteiger partial charge on any atom is 0.123 e. The Morgan fingerprint density at radius 1 is 0.875 bits per heavy atom. The quantitative estimate of drug-likeness (QED) is 0.490. The van der Waals surface area contributed by atoms with Gasteiger partial charge in [0.05, 0.1) is 0 Å². The SMILES string of the molecule is CCC[C@H]1CC[C@H](CC[SiH]2CCC(c3ccc(F)cc3)CC2)CC1. The summed E-state index contributed by atoms with van der Waals surface area (Å²) in [5.41, 5.74) is 1.37. The summed E-state index contributed by atoms with van der Waals surface area (Å²) >= 11 is 0. The van der Waals surface area contributed by atoms with Gasteiger partial charge in [-0.15, -0.1) is 0 Å². The second kappa shape index (κ2) is 9.17. The van der Waals surface area contributed by atoms with Crippen LogP contribution in [0.5, 0.6) is 0 Å². The molecule has 1 saturated carbocycles. The molecule has 1 aliphatic heterocycles. The second-order valence-electron chi connectivity index (χ2n) is 8.52. The van der Waals surface area contributed by atoms with Crippen molar-refractivity contribution >= 4 is 8.80 Å². The molecule has 1 saturated heterocycles. The van der Waals surface area contributed by atoms with Crippen LogP contribution in [-0.4, -0.2) is 8.80 Å². The molecule has 134 valence electrons.